The molecule has 86 valence electrons. The third-order valence-corrected chi connectivity index (χ3v) is 2.63. The number of aromatic hydroxyl groups is 1. The van der Waals surface area contributed by atoms with Crippen molar-refractivity contribution in [2.24, 2.45) is 0 Å². The predicted octanol–water partition coefficient (Wildman–Crippen LogP) is 0.221. The molecule has 1 aromatic heterocycles. The van der Waals surface area contributed by atoms with E-state index in [0.29, 0.717) is 24.7 Å². The van der Waals surface area contributed by atoms with Crippen molar-refractivity contribution in [1.29, 1.82) is 0 Å². The van der Waals surface area contributed by atoms with E-state index in [9.17, 15) is 9.90 Å². The maximum atomic E-state index is 12.0. The molecule has 0 unspecified atom stereocenters. The van der Waals surface area contributed by atoms with Gasteiger partial charge in [-0.1, -0.05) is 0 Å². The van der Waals surface area contributed by atoms with Crippen LogP contribution >= 0.6 is 0 Å². The summed E-state index contributed by atoms with van der Waals surface area (Å²) in [6.45, 7) is 4.23. The SMILES string of the molecule is C[C@@H]1CN(C(=O)c2cncc(O)c2)CCN1. The summed E-state index contributed by atoms with van der Waals surface area (Å²) in [5.41, 5.74) is 0.439. The normalized spacial score (nSPS) is 20.8. The molecule has 1 amide bonds. The second-order valence-corrected chi connectivity index (χ2v) is 4.04. The molecule has 0 spiro atoms. The second-order valence-electron chi connectivity index (χ2n) is 4.04. The van der Waals surface area contributed by atoms with Crippen LogP contribution in [-0.4, -0.2) is 46.6 Å². The van der Waals surface area contributed by atoms with Gasteiger partial charge in [0.2, 0.25) is 0 Å². The standard InChI is InChI=1S/C11H15N3O2/c1-8-7-14(3-2-13-8)11(16)9-4-10(15)6-12-5-9/h4-6,8,13,15H,2-3,7H2,1H3/t8-/m1/s1. The molecule has 2 heterocycles. The van der Waals surface area contributed by atoms with Crippen molar-refractivity contribution in [3.8, 4) is 5.75 Å². The molecule has 0 aromatic carbocycles. The van der Waals surface area contributed by atoms with Gasteiger partial charge in [0.25, 0.3) is 5.91 Å². The van der Waals surface area contributed by atoms with Crippen molar-refractivity contribution in [2.45, 2.75) is 13.0 Å². The van der Waals surface area contributed by atoms with Crippen LogP contribution < -0.4 is 5.32 Å². The van der Waals surface area contributed by atoms with Crippen LogP contribution in [0.25, 0.3) is 0 Å². The van der Waals surface area contributed by atoms with E-state index in [4.69, 9.17) is 0 Å². The highest BCUT2D eigenvalue weighted by atomic mass is 16.3. The first-order chi connectivity index (χ1) is 7.66. The molecule has 1 saturated heterocycles. The highest BCUT2D eigenvalue weighted by Crippen LogP contribution is 2.12. The molecule has 1 aromatic rings. The van der Waals surface area contributed by atoms with Gasteiger partial charge in [0.15, 0.2) is 0 Å². The summed E-state index contributed by atoms with van der Waals surface area (Å²) in [5, 5.41) is 12.5. The lowest BCUT2D eigenvalue weighted by molar-refractivity contribution is 0.0708. The lowest BCUT2D eigenvalue weighted by atomic mass is 10.2. The van der Waals surface area contributed by atoms with Crippen molar-refractivity contribution in [2.75, 3.05) is 19.6 Å². The number of piperazine rings is 1. The van der Waals surface area contributed by atoms with E-state index in [1.54, 1.807) is 4.90 Å². The van der Waals surface area contributed by atoms with Gasteiger partial charge >= 0.3 is 0 Å². The maximum Gasteiger partial charge on any atom is 0.255 e. The van der Waals surface area contributed by atoms with Crippen molar-refractivity contribution < 1.29 is 9.90 Å². The molecular weight excluding hydrogens is 206 g/mol. The monoisotopic (exact) mass is 221 g/mol. The van der Waals surface area contributed by atoms with Crippen LogP contribution in [0.2, 0.25) is 0 Å². The highest BCUT2D eigenvalue weighted by molar-refractivity contribution is 5.94. The number of carbonyl (C=O) groups is 1. The fourth-order valence-electron chi connectivity index (χ4n) is 1.84. The van der Waals surface area contributed by atoms with E-state index >= 15 is 0 Å². The van der Waals surface area contributed by atoms with E-state index in [1.807, 2.05) is 6.92 Å². The highest BCUT2D eigenvalue weighted by Gasteiger charge is 2.21. The summed E-state index contributed by atoms with van der Waals surface area (Å²) in [4.78, 5) is 17.6. The minimum Gasteiger partial charge on any atom is -0.506 e. The van der Waals surface area contributed by atoms with E-state index in [-0.39, 0.29) is 11.7 Å². The molecule has 1 aliphatic heterocycles. The third-order valence-electron chi connectivity index (χ3n) is 2.63. The van der Waals surface area contributed by atoms with Gasteiger partial charge in [0.1, 0.15) is 5.75 Å². The van der Waals surface area contributed by atoms with Crippen LogP contribution in [0.15, 0.2) is 18.5 Å². The third kappa shape index (κ3) is 2.30. The number of nitrogens with zero attached hydrogens (tertiary/aromatic N) is 2. The molecule has 0 bridgehead atoms. The Morgan fingerprint density at radius 3 is 3.12 bits per heavy atom. The number of hydrogen-bond acceptors (Lipinski definition) is 4. The summed E-state index contributed by atoms with van der Waals surface area (Å²) in [7, 11) is 0. The average molecular weight is 221 g/mol. The lowest BCUT2D eigenvalue weighted by Gasteiger charge is -2.31. The minimum atomic E-state index is -0.0725. The first kappa shape index (κ1) is 10.9. The Bertz CT molecular complexity index is 395. The molecule has 5 nitrogen and oxygen atoms in total. The zero-order valence-electron chi connectivity index (χ0n) is 9.18. The minimum absolute atomic E-state index is 0.0223. The molecule has 5 heteroatoms. The molecule has 0 radical (unpaired) electrons. The molecule has 1 aliphatic rings. The van der Waals surface area contributed by atoms with Crippen LogP contribution in [0.4, 0.5) is 0 Å². The van der Waals surface area contributed by atoms with Gasteiger partial charge in [-0.3, -0.25) is 9.78 Å². The van der Waals surface area contributed by atoms with Gasteiger partial charge in [0.05, 0.1) is 11.8 Å². The molecule has 2 rings (SSSR count). The summed E-state index contributed by atoms with van der Waals surface area (Å²) in [5.74, 6) is -0.0502. The Morgan fingerprint density at radius 1 is 1.62 bits per heavy atom. The Kier molecular flexibility index (Phi) is 3.05. The topological polar surface area (TPSA) is 65.5 Å². The molecule has 0 saturated carbocycles. The van der Waals surface area contributed by atoms with Crippen LogP contribution in [0.1, 0.15) is 17.3 Å². The number of hydrogen-bond donors (Lipinski definition) is 2. The molecule has 2 N–H and O–H groups in total. The average Bonchev–Trinajstić information content (AvgIpc) is 2.28. The number of amides is 1. The fraction of sp³-hybridized carbons (Fsp3) is 0.455. The number of rotatable bonds is 1. The fourth-order valence-corrected chi connectivity index (χ4v) is 1.84. The Morgan fingerprint density at radius 2 is 2.44 bits per heavy atom. The molecule has 1 fully saturated rings. The van der Waals surface area contributed by atoms with Crippen molar-refractivity contribution in [3.05, 3.63) is 24.0 Å². The van der Waals surface area contributed by atoms with E-state index < -0.39 is 0 Å². The van der Waals surface area contributed by atoms with Crippen LogP contribution in [0.5, 0.6) is 5.75 Å². The summed E-state index contributed by atoms with van der Waals surface area (Å²) < 4.78 is 0. The molecule has 16 heavy (non-hydrogen) atoms. The number of nitrogens with one attached hydrogen (secondary N) is 1. The quantitative estimate of drug-likeness (QED) is 0.712. The van der Waals surface area contributed by atoms with Crippen LogP contribution in [-0.2, 0) is 0 Å². The van der Waals surface area contributed by atoms with E-state index in [1.165, 1.54) is 18.5 Å². The predicted molar refractivity (Wildman–Crippen MR) is 59.3 cm³/mol. The van der Waals surface area contributed by atoms with Gasteiger partial charge in [0, 0.05) is 31.9 Å². The van der Waals surface area contributed by atoms with Gasteiger partial charge in [-0.2, -0.15) is 0 Å². The summed E-state index contributed by atoms with van der Waals surface area (Å²) >= 11 is 0. The smallest absolute Gasteiger partial charge is 0.255 e. The Labute approximate surface area is 94.1 Å². The van der Waals surface area contributed by atoms with Gasteiger partial charge < -0.3 is 15.3 Å². The largest absolute Gasteiger partial charge is 0.506 e. The number of aromatic nitrogens is 1. The van der Waals surface area contributed by atoms with E-state index in [0.717, 1.165) is 6.54 Å². The number of pyridine rings is 1. The van der Waals surface area contributed by atoms with Crippen LogP contribution in [0.3, 0.4) is 0 Å². The summed E-state index contributed by atoms with van der Waals surface area (Å²) in [6, 6.07) is 1.75. The lowest BCUT2D eigenvalue weighted by Crippen LogP contribution is -2.51. The van der Waals surface area contributed by atoms with Gasteiger partial charge in [-0.05, 0) is 13.0 Å². The Hall–Kier alpha value is -1.62. The van der Waals surface area contributed by atoms with Crippen molar-refractivity contribution >= 4 is 5.91 Å². The second kappa shape index (κ2) is 4.49. The Balaban J connectivity index is 2.12. The van der Waals surface area contributed by atoms with Gasteiger partial charge in [-0.25, -0.2) is 0 Å². The molecule has 0 aliphatic carbocycles. The first-order valence-corrected chi connectivity index (χ1v) is 5.33. The molecule has 1 atom stereocenters. The maximum absolute atomic E-state index is 12.0. The zero-order valence-corrected chi connectivity index (χ0v) is 9.18. The molecular formula is C11H15N3O2. The summed E-state index contributed by atoms with van der Waals surface area (Å²) in [6.07, 6.45) is 2.80. The van der Waals surface area contributed by atoms with Crippen LogP contribution in [0, 0.1) is 0 Å². The zero-order chi connectivity index (χ0) is 11.5. The number of carbonyl (C=O) groups excluding carboxylic acids is 1. The first-order valence-electron chi connectivity index (χ1n) is 5.33. The van der Waals surface area contributed by atoms with Crippen molar-refractivity contribution in [3.63, 3.8) is 0 Å². The van der Waals surface area contributed by atoms with Gasteiger partial charge in [-0.15, -0.1) is 0 Å². The van der Waals surface area contributed by atoms with E-state index in [2.05, 4.69) is 10.3 Å². The van der Waals surface area contributed by atoms with Crippen molar-refractivity contribution in [1.82, 2.24) is 15.2 Å².